The fourth-order valence-corrected chi connectivity index (χ4v) is 5.48. The topological polar surface area (TPSA) is 98.1 Å². The Morgan fingerprint density at radius 3 is 2.59 bits per heavy atom. The zero-order valence-electron chi connectivity index (χ0n) is 19.0. The molecule has 1 aliphatic heterocycles. The lowest BCUT2D eigenvalue weighted by Crippen LogP contribution is -2.39. The minimum atomic E-state index is -0.821. The number of allylic oxidation sites excluding steroid dienone is 2. The maximum atomic E-state index is 12.7. The quantitative estimate of drug-likeness (QED) is 0.385. The van der Waals surface area contributed by atoms with Crippen molar-refractivity contribution in [3.8, 4) is 5.75 Å². The van der Waals surface area contributed by atoms with Crippen molar-refractivity contribution in [3.05, 3.63) is 45.0 Å². The number of amides is 2. The summed E-state index contributed by atoms with van der Waals surface area (Å²) < 4.78 is 0.865. The van der Waals surface area contributed by atoms with Gasteiger partial charge in [-0.2, -0.15) is 0 Å². The Kier molecular flexibility index (Phi) is 7.63. The fourth-order valence-electron chi connectivity index (χ4n) is 5.10. The van der Waals surface area contributed by atoms with Crippen LogP contribution in [0.4, 0.5) is 0 Å². The molecule has 174 valence electrons. The third-order valence-corrected chi connectivity index (χ3v) is 7.29. The lowest BCUT2D eigenvalue weighted by molar-refractivity contribution is -0.138. The predicted octanol–water partition coefficient (Wildman–Crippen LogP) is 3.89. The van der Waals surface area contributed by atoms with E-state index in [1.807, 2.05) is 32.9 Å². The molecular weight excluding hydrogens is 474 g/mol. The Morgan fingerprint density at radius 2 is 1.97 bits per heavy atom. The molecule has 32 heavy (non-hydrogen) atoms. The lowest BCUT2D eigenvalue weighted by atomic mass is 9.66. The maximum Gasteiger partial charge on any atom is 0.233 e. The first-order chi connectivity index (χ1) is 15.1. The first kappa shape index (κ1) is 24.7. The monoisotopic (exact) mass is 505 g/mol. The SMILES string of the molecule is C/C(=C\c1cc(Br)ccc1O)CC[C@@H](O)C1=C(C(C)C)C[C@H]2C(=O)N(C)C(=O)[C@H]2[C@H]1CO. The summed E-state index contributed by atoms with van der Waals surface area (Å²) in [4.78, 5) is 26.5. The number of carbonyl (C=O) groups excluding carboxylic acids is 2. The summed E-state index contributed by atoms with van der Waals surface area (Å²) in [5.41, 5.74) is 3.38. The molecule has 0 spiro atoms. The molecule has 1 fully saturated rings. The highest BCUT2D eigenvalue weighted by Crippen LogP contribution is 2.47. The first-order valence-electron chi connectivity index (χ1n) is 11.1. The summed E-state index contributed by atoms with van der Waals surface area (Å²) >= 11 is 3.41. The van der Waals surface area contributed by atoms with E-state index in [0.29, 0.717) is 24.8 Å². The Morgan fingerprint density at radius 1 is 1.28 bits per heavy atom. The van der Waals surface area contributed by atoms with Crippen LogP contribution in [0, 0.1) is 23.7 Å². The Hall–Kier alpha value is -1.96. The highest BCUT2D eigenvalue weighted by atomic mass is 79.9. The molecule has 0 aromatic heterocycles. The van der Waals surface area contributed by atoms with E-state index in [2.05, 4.69) is 15.9 Å². The molecule has 7 heteroatoms. The number of aliphatic hydroxyl groups excluding tert-OH is 2. The predicted molar refractivity (Wildman–Crippen MR) is 127 cm³/mol. The number of phenolic OH excluding ortho intramolecular Hbond substituents is 1. The molecule has 0 bridgehead atoms. The number of likely N-dealkylation sites (tertiary alicyclic amines) is 1. The van der Waals surface area contributed by atoms with Crippen LogP contribution in [0.5, 0.6) is 5.75 Å². The van der Waals surface area contributed by atoms with Crippen molar-refractivity contribution < 1.29 is 24.9 Å². The van der Waals surface area contributed by atoms with Crippen molar-refractivity contribution in [2.24, 2.45) is 23.7 Å². The Balaban J connectivity index is 1.85. The number of hydrogen-bond donors (Lipinski definition) is 3. The Labute approximate surface area is 197 Å². The number of aromatic hydroxyl groups is 1. The molecule has 1 aliphatic carbocycles. The van der Waals surface area contributed by atoms with Gasteiger partial charge >= 0.3 is 0 Å². The van der Waals surface area contributed by atoms with Crippen LogP contribution in [0.25, 0.3) is 6.08 Å². The van der Waals surface area contributed by atoms with Crippen molar-refractivity contribution in [2.75, 3.05) is 13.7 Å². The summed E-state index contributed by atoms with van der Waals surface area (Å²) in [5.74, 6) is -1.81. The van der Waals surface area contributed by atoms with Gasteiger partial charge in [0.1, 0.15) is 5.75 Å². The largest absolute Gasteiger partial charge is 0.507 e. The van der Waals surface area contributed by atoms with Crippen LogP contribution in [0.15, 0.2) is 39.4 Å². The molecule has 0 saturated carbocycles. The molecule has 4 atom stereocenters. The summed E-state index contributed by atoms with van der Waals surface area (Å²) in [6.45, 7) is 5.70. The average molecular weight is 506 g/mol. The molecule has 1 saturated heterocycles. The van der Waals surface area contributed by atoms with Crippen molar-refractivity contribution >= 4 is 33.8 Å². The lowest BCUT2D eigenvalue weighted by Gasteiger charge is -2.38. The zero-order valence-corrected chi connectivity index (χ0v) is 20.6. The average Bonchev–Trinajstić information content (AvgIpc) is 2.97. The highest BCUT2D eigenvalue weighted by molar-refractivity contribution is 9.10. The smallest absolute Gasteiger partial charge is 0.233 e. The van der Waals surface area contributed by atoms with Crippen molar-refractivity contribution in [3.63, 3.8) is 0 Å². The van der Waals surface area contributed by atoms with Gasteiger partial charge in [-0.25, -0.2) is 0 Å². The van der Waals surface area contributed by atoms with Crippen molar-refractivity contribution in [1.29, 1.82) is 0 Å². The third-order valence-electron chi connectivity index (χ3n) is 6.80. The number of carbonyl (C=O) groups is 2. The van der Waals surface area contributed by atoms with Crippen LogP contribution in [-0.4, -0.2) is 51.8 Å². The molecule has 2 aliphatic rings. The van der Waals surface area contributed by atoms with Gasteiger partial charge in [0.15, 0.2) is 0 Å². The summed E-state index contributed by atoms with van der Waals surface area (Å²) in [7, 11) is 1.49. The van der Waals surface area contributed by atoms with Gasteiger partial charge in [0.25, 0.3) is 0 Å². The van der Waals surface area contributed by atoms with E-state index in [-0.39, 0.29) is 30.1 Å². The minimum Gasteiger partial charge on any atom is -0.507 e. The van der Waals surface area contributed by atoms with Crippen LogP contribution < -0.4 is 0 Å². The molecule has 1 aromatic rings. The second-order valence-electron chi connectivity index (χ2n) is 9.24. The van der Waals surface area contributed by atoms with Gasteiger partial charge in [-0.15, -0.1) is 0 Å². The molecule has 3 rings (SSSR count). The molecule has 1 heterocycles. The summed E-state index contributed by atoms with van der Waals surface area (Å²) in [6.07, 6.45) is 2.52. The number of halogens is 1. The van der Waals surface area contributed by atoms with Gasteiger partial charge in [-0.3, -0.25) is 14.5 Å². The molecule has 6 nitrogen and oxygen atoms in total. The maximum absolute atomic E-state index is 12.7. The van der Waals surface area contributed by atoms with Gasteiger partial charge in [0.05, 0.1) is 24.5 Å². The standard InChI is InChI=1S/C25H32BrNO5/c1-13(2)17-11-18-23(25(32)27(4)24(18)31)19(12-28)22(17)21(30)7-5-14(3)9-15-10-16(26)6-8-20(15)29/h6,8-10,13,18-19,21,23,28-30H,5,7,11-12H2,1-4H3/b14-9+/t18-,19+,21-,23-/m1/s1. The Bertz CT molecular complexity index is 967. The number of fused-ring (bicyclic) bond motifs is 1. The molecule has 0 radical (unpaired) electrons. The van der Waals surface area contributed by atoms with Crippen molar-refractivity contribution in [1.82, 2.24) is 4.90 Å². The second kappa shape index (κ2) is 9.89. The van der Waals surface area contributed by atoms with E-state index in [0.717, 1.165) is 21.2 Å². The number of hydrogen-bond acceptors (Lipinski definition) is 5. The molecule has 1 aromatic carbocycles. The van der Waals surface area contributed by atoms with Crippen LogP contribution in [0.1, 0.15) is 45.6 Å². The van der Waals surface area contributed by atoms with Gasteiger partial charge in [-0.1, -0.05) is 47.0 Å². The van der Waals surface area contributed by atoms with Gasteiger partial charge in [0, 0.05) is 23.0 Å². The van der Waals surface area contributed by atoms with Gasteiger partial charge in [-0.05, 0) is 55.9 Å². The van der Waals surface area contributed by atoms with E-state index < -0.39 is 23.9 Å². The molecule has 3 N–H and O–H groups in total. The van der Waals surface area contributed by atoms with Gasteiger partial charge in [0.2, 0.25) is 11.8 Å². The van der Waals surface area contributed by atoms with E-state index in [4.69, 9.17) is 0 Å². The summed E-state index contributed by atoms with van der Waals surface area (Å²) in [6, 6.07) is 5.22. The zero-order chi connectivity index (χ0) is 23.7. The molecule has 2 amide bonds. The second-order valence-corrected chi connectivity index (χ2v) is 10.2. The number of benzene rings is 1. The molecule has 0 unspecified atom stereocenters. The van der Waals surface area contributed by atoms with Gasteiger partial charge < -0.3 is 15.3 Å². The minimum absolute atomic E-state index is 0.0960. The van der Waals surface area contributed by atoms with Crippen molar-refractivity contribution in [2.45, 2.75) is 46.1 Å². The normalized spacial score (nSPS) is 25.1. The van der Waals surface area contributed by atoms with E-state index in [1.54, 1.807) is 12.1 Å². The van der Waals surface area contributed by atoms with Crippen LogP contribution in [0.2, 0.25) is 0 Å². The number of nitrogens with zero attached hydrogens (tertiary/aromatic N) is 1. The van der Waals surface area contributed by atoms with Crippen LogP contribution >= 0.6 is 15.9 Å². The number of phenols is 1. The summed E-state index contributed by atoms with van der Waals surface area (Å²) in [5, 5.41) is 31.5. The van der Waals surface area contributed by atoms with E-state index >= 15 is 0 Å². The van der Waals surface area contributed by atoms with Crippen LogP contribution in [-0.2, 0) is 9.59 Å². The number of imide groups is 1. The van der Waals surface area contributed by atoms with Crippen LogP contribution in [0.3, 0.4) is 0 Å². The molecular formula is C25H32BrNO5. The van der Waals surface area contributed by atoms with E-state index in [1.165, 1.54) is 11.9 Å². The first-order valence-corrected chi connectivity index (χ1v) is 11.8. The number of aliphatic hydroxyl groups is 2. The third kappa shape index (κ3) is 4.70. The number of rotatable bonds is 7. The fraction of sp³-hybridized carbons (Fsp3) is 0.520. The van der Waals surface area contributed by atoms with E-state index in [9.17, 15) is 24.9 Å². The highest BCUT2D eigenvalue weighted by Gasteiger charge is 2.53.